The Morgan fingerprint density at radius 2 is 1.90 bits per heavy atom. The van der Waals surface area contributed by atoms with E-state index in [1.165, 1.54) is 0 Å². The standard InChI is InChI=1S/C17H18BrNO/c1-3-16(13-7-5-4-6-8-13)19-17(20)14-10-9-12(2)11-15(14)18/h4-11,16H,3H2,1-2H3,(H,19,20). The van der Waals surface area contributed by atoms with Crippen molar-refractivity contribution < 1.29 is 4.79 Å². The van der Waals surface area contributed by atoms with Gasteiger partial charge in [0.25, 0.3) is 5.91 Å². The molecule has 1 N–H and O–H groups in total. The fourth-order valence-electron chi connectivity index (χ4n) is 2.15. The van der Waals surface area contributed by atoms with E-state index in [2.05, 4.69) is 28.2 Å². The van der Waals surface area contributed by atoms with Crippen LogP contribution < -0.4 is 5.32 Å². The lowest BCUT2D eigenvalue weighted by molar-refractivity contribution is 0.0935. The fraction of sp³-hybridized carbons (Fsp3) is 0.235. The maximum Gasteiger partial charge on any atom is 0.252 e. The molecule has 20 heavy (non-hydrogen) atoms. The molecular formula is C17H18BrNO. The van der Waals surface area contributed by atoms with Gasteiger partial charge in [-0.3, -0.25) is 4.79 Å². The number of rotatable bonds is 4. The van der Waals surface area contributed by atoms with Gasteiger partial charge in [-0.2, -0.15) is 0 Å². The van der Waals surface area contributed by atoms with E-state index < -0.39 is 0 Å². The van der Waals surface area contributed by atoms with E-state index in [0.29, 0.717) is 5.56 Å². The van der Waals surface area contributed by atoms with Crippen LogP contribution in [0.25, 0.3) is 0 Å². The van der Waals surface area contributed by atoms with Crippen molar-refractivity contribution in [3.05, 3.63) is 69.7 Å². The highest BCUT2D eigenvalue weighted by Gasteiger charge is 2.15. The van der Waals surface area contributed by atoms with Gasteiger partial charge in [-0.1, -0.05) is 43.3 Å². The molecule has 0 spiro atoms. The molecule has 0 radical (unpaired) electrons. The molecule has 0 aliphatic carbocycles. The summed E-state index contributed by atoms with van der Waals surface area (Å²) < 4.78 is 0.831. The summed E-state index contributed by atoms with van der Waals surface area (Å²) in [4.78, 5) is 12.4. The minimum atomic E-state index is -0.0485. The molecule has 2 rings (SSSR count). The van der Waals surface area contributed by atoms with Gasteiger partial charge in [-0.25, -0.2) is 0 Å². The first-order chi connectivity index (χ1) is 9.61. The highest BCUT2D eigenvalue weighted by atomic mass is 79.9. The minimum absolute atomic E-state index is 0.0388. The molecular weight excluding hydrogens is 314 g/mol. The van der Waals surface area contributed by atoms with E-state index in [9.17, 15) is 4.79 Å². The molecule has 0 aliphatic heterocycles. The van der Waals surface area contributed by atoms with Crippen LogP contribution >= 0.6 is 15.9 Å². The predicted molar refractivity (Wildman–Crippen MR) is 85.8 cm³/mol. The summed E-state index contributed by atoms with van der Waals surface area (Å²) >= 11 is 3.45. The molecule has 3 heteroatoms. The second-order valence-corrected chi connectivity index (χ2v) is 5.68. The zero-order valence-corrected chi connectivity index (χ0v) is 13.3. The van der Waals surface area contributed by atoms with Crippen LogP contribution in [0.1, 0.15) is 40.9 Å². The van der Waals surface area contributed by atoms with Crippen LogP contribution in [0.3, 0.4) is 0 Å². The van der Waals surface area contributed by atoms with Crippen molar-refractivity contribution >= 4 is 21.8 Å². The normalized spacial score (nSPS) is 11.9. The smallest absolute Gasteiger partial charge is 0.252 e. The number of nitrogens with one attached hydrogen (secondary N) is 1. The van der Waals surface area contributed by atoms with E-state index >= 15 is 0 Å². The Morgan fingerprint density at radius 3 is 2.50 bits per heavy atom. The van der Waals surface area contributed by atoms with E-state index in [-0.39, 0.29) is 11.9 Å². The molecule has 0 saturated carbocycles. The summed E-state index contributed by atoms with van der Waals surface area (Å²) in [5.74, 6) is -0.0485. The van der Waals surface area contributed by atoms with Crippen LogP contribution in [0.2, 0.25) is 0 Å². The van der Waals surface area contributed by atoms with Gasteiger partial charge < -0.3 is 5.32 Å². The van der Waals surface area contributed by atoms with Gasteiger partial charge >= 0.3 is 0 Å². The van der Waals surface area contributed by atoms with Gasteiger partial charge in [-0.05, 0) is 52.5 Å². The molecule has 0 bridgehead atoms. The summed E-state index contributed by atoms with van der Waals surface area (Å²) in [5, 5.41) is 3.09. The van der Waals surface area contributed by atoms with Crippen molar-refractivity contribution in [3.63, 3.8) is 0 Å². The average Bonchev–Trinajstić information content (AvgIpc) is 2.45. The topological polar surface area (TPSA) is 29.1 Å². The first kappa shape index (κ1) is 14.8. The maximum atomic E-state index is 12.4. The number of halogens is 1. The van der Waals surface area contributed by atoms with Crippen molar-refractivity contribution in [1.29, 1.82) is 0 Å². The van der Waals surface area contributed by atoms with Gasteiger partial charge in [0.05, 0.1) is 11.6 Å². The summed E-state index contributed by atoms with van der Waals surface area (Å²) in [6.45, 7) is 4.08. The van der Waals surface area contributed by atoms with Crippen molar-refractivity contribution in [1.82, 2.24) is 5.32 Å². The van der Waals surface area contributed by atoms with Gasteiger partial charge in [0.2, 0.25) is 0 Å². The molecule has 104 valence electrons. The van der Waals surface area contributed by atoms with Gasteiger partial charge in [0, 0.05) is 4.47 Å². The van der Waals surface area contributed by atoms with Gasteiger partial charge in [0.1, 0.15) is 0 Å². The predicted octanol–water partition coefficient (Wildman–Crippen LogP) is 4.64. The van der Waals surface area contributed by atoms with Crippen LogP contribution in [0.15, 0.2) is 53.0 Å². The number of amides is 1. The second kappa shape index (κ2) is 6.71. The minimum Gasteiger partial charge on any atom is -0.345 e. The third kappa shape index (κ3) is 3.48. The largest absolute Gasteiger partial charge is 0.345 e. The molecule has 1 unspecified atom stereocenters. The molecule has 0 heterocycles. The lowest BCUT2D eigenvalue weighted by Gasteiger charge is -2.18. The molecule has 2 nitrogen and oxygen atoms in total. The Bertz CT molecular complexity index is 595. The SMILES string of the molecule is CCC(NC(=O)c1ccc(C)cc1Br)c1ccccc1. The summed E-state index contributed by atoms with van der Waals surface area (Å²) in [6, 6.07) is 15.8. The number of carbonyl (C=O) groups is 1. The Kier molecular flexibility index (Phi) is 4.96. The van der Waals surface area contributed by atoms with Gasteiger partial charge in [0.15, 0.2) is 0 Å². The molecule has 2 aromatic carbocycles. The molecule has 1 atom stereocenters. The molecule has 2 aromatic rings. The average molecular weight is 332 g/mol. The molecule has 1 amide bonds. The van der Waals surface area contributed by atoms with Crippen molar-refractivity contribution in [3.8, 4) is 0 Å². The van der Waals surface area contributed by atoms with Crippen molar-refractivity contribution in [2.75, 3.05) is 0 Å². The first-order valence-corrected chi connectivity index (χ1v) is 7.53. The molecule has 0 aromatic heterocycles. The van der Waals surface area contributed by atoms with Crippen LogP contribution in [0, 0.1) is 6.92 Å². The Labute approximate surface area is 128 Å². The van der Waals surface area contributed by atoms with Crippen LogP contribution in [0.4, 0.5) is 0 Å². The maximum absolute atomic E-state index is 12.4. The Balaban J connectivity index is 2.17. The summed E-state index contributed by atoms with van der Waals surface area (Å²) in [7, 11) is 0. The van der Waals surface area contributed by atoms with E-state index in [1.807, 2.05) is 55.5 Å². The van der Waals surface area contributed by atoms with Crippen molar-refractivity contribution in [2.24, 2.45) is 0 Å². The lowest BCUT2D eigenvalue weighted by atomic mass is 10.0. The quantitative estimate of drug-likeness (QED) is 0.868. The van der Waals surface area contributed by atoms with Crippen LogP contribution in [-0.4, -0.2) is 5.91 Å². The second-order valence-electron chi connectivity index (χ2n) is 4.83. The molecule has 0 aliphatic rings. The molecule has 0 saturated heterocycles. The zero-order valence-electron chi connectivity index (χ0n) is 11.7. The number of carbonyl (C=O) groups excluding carboxylic acids is 1. The number of hydrogen-bond donors (Lipinski definition) is 1. The highest BCUT2D eigenvalue weighted by molar-refractivity contribution is 9.10. The summed E-state index contributed by atoms with van der Waals surface area (Å²) in [6.07, 6.45) is 0.860. The third-order valence-corrected chi connectivity index (χ3v) is 3.94. The van der Waals surface area contributed by atoms with Crippen LogP contribution in [0.5, 0.6) is 0 Å². The molecule has 0 fully saturated rings. The van der Waals surface area contributed by atoms with E-state index in [0.717, 1.165) is 22.0 Å². The van der Waals surface area contributed by atoms with Crippen molar-refractivity contribution in [2.45, 2.75) is 26.3 Å². The van der Waals surface area contributed by atoms with Gasteiger partial charge in [-0.15, -0.1) is 0 Å². The number of hydrogen-bond acceptors (Lipinski definition) is 1. The first-order valence-electron chi connectivity index (χ1n) is 6.73. The fourth-order valence-corrected chi connectivity index (χ4v) is 2.82. The van der Waals surface area contributed by atoms with Crippen LogP contribution in [-0.2, 0) is 0 Å². The number of benzene rings is 2. The Hall–Kier alpha value is -1.61. The monoisotopic (exact) mass is 331 g/mol. The highest BCUT2D eigenvalue weighted by Crippen LogP contribution is 2.21. The summed E-state index contributed by atoms with van der Waals surface area (Å²) in [5.41, 5.74) is 2.93. The number of aryl methyl sites for hydroxylation is 1. The zero-order chi connectivity index (χ0) is 14.5. The van der Waals surface area contributed by atoms with E-state index in [4.69, 9.17) is 0 Å². The lowest BCUT2D eigenvalue weighted by Crippen LogP contribution is -2.28. The van der Waals surface area contributed by atoms with E-state index in [1.54, 1.807) is 0 Å². The Morgan fingerprint density at radius 1 is 1.20 bits per heavy atom. The third-order valence-electron chi connectivity index (χ3n) is 3.28.